The van der Waals surface area contributed by atoms with Crippen LogP contribution in [0.1, 0.15) is 37.5 Å². The van der Waals surface area contributed by atoms with Crippen molar-refractivity contribution in [2.45, 2.75) is 52.2 Å². The molecule has 7 nitrogen and oxygen atoms in total. The smallest absolute Gasteiger partial charge is 0.244 e. The van der Waals surface area contributed by atoms with Gasteiger partial charge < -0.3 is 10.2 Å². The van der Waals surface area contributed by atoms with E-state index < -0.39 is 34.1 Å². The van der Waals surface area contributed by atoms with Gasteiger partial charge in [-0.2, -0.15) is 0 Å². The molecule has 0 aliphatic heterocycles. The van der Waals surface area contributed by atoms with Gasteiger partial charge in [0.05, 0.1) is 11.9 Å². The van der Waals surface area contributed by atoms with Gasteiger partial charge in [-0.3, -0.25) is 13.9 Å². The van der Waals surface area contributed by atoms with Crippen LogP contribution in [0, 0.1) is 6.92 Å². The van der Waals surface area contributed by atoms with Crippen LogP contribution in [0.15, 0.2) is 83.3 Å². The van der Waals surface area contributed by atoms with E-state index in [1.807, 2.05) is 88.4 Å². The molecule has 0 heterocycles. The highest BCUT2D eigenvalue weighted by atomic mass is 79.9. The molecule has 0 aliphatic carbocycles. The number of benzene rings is 3. The molecule has 39 heavy (non-hydrogen) atoms. The average Bonchev–Trinajstić information content (AvgIpc) is 2.84. The van der Waals surface area contributed by atoms with E-state index in [1.54, 1.807) is 18.2 Å². The maximum atomic E-state index is 14.1. The first kappa shape index (κ1) is 30.4. The lowest BCUT2D eigenvalue weighted by molar-refractivity contribution is -0.140. The first-order valence-electron chi connectivity index (χ1n) is 12.7. The van der Waals surface area contributed by atoms with Crippen LogP contribution < -0.4 is 9.62 Å². The molecule has 0 radical (unpaired) electrons. The minimum atomic E-state index is -3.80. The molecule has 2 amide bonds. The van der Waals surface area contributed by atoms with Crippen molar-refractivity contribution in [3.63, 3.8) is 0 Å². The number of amides is 2. The lowest BCUT2D eigenvalue weighted by Gasteiger charge is -2.35. The molecule has 3 aromatic rings. The summed E-state index contributed by atoms with van der Waals surface area (Å²) in [6, 6.07) is 23.1. The van der Waals surface area contributed by atoms with Gasteiger partial charge in [0.2, 0.25) is 21.8 Å². The Morgan fingerprint density at radius 3 is 2.13 bits per heavy atom. The number of nitrogens with zero attached hydrogens (tertiary/aromatic N) is 2. The van der Waals surface area contributed by atoms with E-state index in [0.29, 0.717) is 5.69 Å². The Morgan fingerprint density at radius 2 is 1.56 bits per heavy atom. The second-order valence-corrected chi connectivity index (χ2v) is 13.5. The van der Waals surface area contributed by atoms with Gasteiger partial charge in [-0.05, 0) is 68.7 Å². The largest absolute Gasteiger partial charge is 0.350 e. The second kappa shape index (κ2) is 12.8. The standard InChI is InChI=1S/C30H36BrN3O4S/c1-22-10-9-13-26(18-22)34(39(5,37)38)21-28(35)33(20-24-14-16-25(31)17-15-24)27(29(36)32-30(2,3)4)19-23-11-7-6-8-12-23/h6-18,27H,19-21H2,1-5H3,(H,32,36)/t27-/m1/s1. The zero-order chi connectivity index (χ0) is 28.8. The van der Waals surface area contributed by atoms with Gasteiger partial charge in [-0.1, -0.05) is 70.5 Å². The maximum absolute atomic E-state index is 14.1. The Morgan fingerprint density at radius 1 is 0.923 bits per heavy atom. The van der Waals surface area contributed by atoms with Crippen LogP contribution in [0.2, 0.25) is 0 Å². The quantitative estimate of drug-likeness (QED) is 0.345. The zero-order valence-corrected chi connectivity index (χ0v) is 25.4. The van der Waals surface area contributed by atoms with Crippen molar-refractivity contribution in [2.24, 2.45) is 0 Å². The molecule has 0 saturated heterocycles. The highest BCUT2D eigenvalue weighted by Gasteiger charge is 2.34. The number of nitrogens with one attached hydrogen (secondary N) is 1. The molecule has 0 unspecified atom stereocenters. The summed E-state index contributed by atoms with van der Waals surface area (Å²) < 4.78 is 27.7. The van der Waals surface area contributed by atoms with E-state index >= 15 is 0 Å². The lowest BCUT2D eigenvalue weighted by atomic mass is 10.0. The number of anilines is 1. The number of aryl methyl sites for hydroxylation is 1. The normalized spacial score (nSPS) is 12.5. The summed E-state index contributed by atoms with van der Waals surface area (Å²) in [5, 5.41) is 3.02. The Labute approximate surface area is 240 Å². The Hall–Kier alpha value is -3.17. The second-order valence-electron chi connectivity index (χ2n) is 10.7. The molecule has 0 aromatic heterocycles. The molecule has 0 aliphatic rings. The van der Waals surface area contributed by atoms with E-state index in [4.69, 9.17) is 0 Å². The Bertz CT molecular complexity index is 1390. The third-order valence-corrected chi connectivity index (χ3v) is 7.67. The van der Waals surface area contributed by atoms with Crippen LogP contribution in [0.3, 0.4) is 0 Å². The van der Waals surface area contributed by atoms with E-state index in [2.05, 4.69) is 21.2 Å². The van der Waals surface area contributed by atoms with Gasteiger partial charge in [-0.25, -0.2) is 8.42 Å². The Balaban J connectivity index is 2.07. The molecule has 208 valence electrons. The van der Waals surface area contributed by atoms with E-state index in [1.165, 1.54) is 4.90 Å². The number of carbonyl (C=O) groups is 2. The molecule has 0 fully saturated rings. The monoisotopic (exact) mass is 613 g/mol. The Kier molecular flexibility index (Phi) is 9.96. The summed E-state index contributed by atoms with van der Waals surface area (Å²) in [7, 11) is -3.80. The number of hydrogen-bond acceptors (Lipinski definition) is 4. The van der Waals surface area contributed by atoms with Crippen molar-refractivity contribution in [3.05, 3.63) is 100 Å². The van der Waals surface area contributed by atoms with E-state index in [9.17, 15) is 18.0 Å². The molecule has 9 heteroatoms. The van der Waals surface area contributed by atoms with Crippen molar-refractivity contribution < 1.29 is 18.0 Å². The third kappa shape index (κ3) is 9.21. The SMILES string of the molecule is Cc1cccc(N(CC(=O)N(Cc2ccc(Br)cc2)[C@H](Cc2ccccc2)C(=O)NC(C)(C)C)S(C)(=O)=O)c1. The topological polar surface area (TPSA) is 86.8 Å². The summed E-state index contributed by atoms with van der Waals surface area (Å²) >= 11 is 3.44. The summed E-state index contributed by atoms with van der Waals surface area (Å²) in [6.45, 7) is 7.20. The molecule has 0 spiro atoms. The van der Waals surface area contributed by atoms with Crippen LogP contribution in [-0.2, 0) is 32.6 Å². The number of hydrogen-bond donors (Lipinski definition) is 1. The average molecular weight is 615 g/mol. The van der Waals surface area contributed by atoms with Crippen molar-refractivity contribution in [3.8, 4) is 0 Å². The van der Waals surface area contributed by atoms with Crippen molar-refractivity contribution in [2.75, 3.05) is 17.1 Å². The highest BCUT2D eigenvalue weighted by Crippen LogP contribution is 2.22. The molecule has 0 bridgehead atoms. The maximum Gasteiger partial charge on any atom is 0.244 e. The fraction of sp³-hybridized carbons (Fsp3) is 0.333. The van der Waals surface area contributed by atoms with Crippen molar-refractivity contribution in [1.29, 1.82) is 0 Å². The predicted octanol–water partition coefficient (Wildman–Crippen LogP) is 5.08. The highest BCUT2D eigenvalue weighted by molar-refractivity contribution is 9.10. The molecular weight excluding hydrogens is 578 g/mol. The molecule has 0 saturated carbocycles. The molecule has 1 atom stereocenters. The lowest BCUT2D eigenvalue weighted by Crippen LogP contribution is -2.56. The zero-order valence-electron chi connectivity index (χ0n) is 23.0. The van der Waals surface area contributed by atoms with Crippen LogP contribution in [0.4, 0.5) is 5.69 Å². The molecule has 3 aromatic carbocycles. The summed E-state index contributed by atoms with van der Waals surface area (Å²) in [6.07, 6.45) is 1.35. The van der Waals surface area contributed by atoms with Gasteiger partial charge in [0.1, 0.15) is 12.6 Å². The van der Waals surface area contributed by atoms with Gasteiger partial charge in [0.15, 0.2) is 0 Å². The van der Waals surface area contributed by atoms with Crippen molar-refractivity contribution >= 4 is 43.5 Å². The minimum Gasteiger partial charge on any atom is -0.350 e. The number of halogens is 1. The number of carbonyl (C=O) groups excluding carboxylic acids is 2. The number of rotatable bonds is 10. The van der Waals surface area contributed by atoms with E-state index in [-0.39, 0.29) is 18.9 Å². The summed E-state index contributed by atoms with van der Waals surface area (Å²) in [5.74, 6) is -0.784. The van der Waals surface area contributed by atoms with Gasteiger partial charge >= 0.3 is 0 Å². The first-order valence-corrected chi connectivity index (χ1v) is 15.3. The van der Waals surface area contributed by atoms with Crippen LogP contribution >= 0.6 is 15.9 Å². The molecule has 3 rings (SSSR count). The molecule has 1 N–H and O–H groups in total. The van der Waals surface area contributed by atoms with Gasteiger partial charge in [0.25, 0.3) is 0 Å². The number of sulfonamides is 1. The fourth-order valence-electron chi connectivity index (χ4n) is 4.19. The predicted molar refractivity (Wildman–Crippen MR) is 160 cm³/mol. The summed E-state index contributed by atoms with van der Waals surface area (Å²) in [5.41, 5.74) is 2.44. The van der Waals surface area contributed by atoms with Crippen LogP contribution in [-0.4, -0.2) is 49.5 Å². The van der Waals surface area contributed by atoms with Crippen LogP contribution in [0.5, 0.6) is 0 Å². The van der Waals surface area contributed by atoms with Crippen LogP contribution in [0.25, 0.3) is 0 Å². The van der Waals surface area contributed by atoms with Gasteiger partial charge in [0, 0.05) is 23.0 Å². The minimum absolute atomic E-state index is 0.132. The summed E-state index contributed by atoms with van der Waals surface area (Å²) in [4.78, 5) is 29.3. The third-order valence-electron chi connectivity index (χ3n) is 6.00. The van der Waals surface area contributed by atoms with E-state index in [0.717, 1.165) is 31.7 Å². The first-order chi connectivity index (χ1) is 18.2. The van der Waals surface area contributed by atoms with Crippen molar-refractivity contribution in [1.82, 2.24) is 10.2 Å². The van der Waals surface area contributed by atoms with Gasteiger partial charge in [-0.15, -0.1) is 0 Å². The fourth-order valence-corrected chi connectivity index (χ4v) is 5.30. The molecular formula is C30H36BrN3O4S.